The average molecular weight is 468 g/mol. The molecule has 3 aliphatic rings. The molecule has 0 saturated heterocycles. The van der Waals surface area contributed by atoms with Crippen LogP contribution in [0.5, 0.6) is 0 Å². The van der Waals surface area contributed by atoms with Crippen LogP contribution in [0.4, 0.5) is 0 Å². The highest BCUT2D eigenvalue weighted by molar-refractivity contribution is 7.85. The van der Waals surface area contributed by atoms with Crippen LogP contribution in [-0.2, 0) is 23.8 Å². The third-order valence-corrected chi connectivity index (χ3v) is 9.46. The molecule has 8 nitrogen and oxygen atoms in total. The van der Waals surface area contributed by atoms with Crippen LogP contribution >= 0.6 is 0 Å². The summed E-state index contributed by atoms with van der Waals surface area (Å²) < 4.78 is 34.4. The molecule has 0 heterocycles. The molecule has 3 aliphatic carbocycles. The van der Waals surface area contributed by atoms with Crippen molar-refractivity contribution >= 4 is 16.1 Å². The fourth-order valence-corrected chi connectivity index (χ4v) is 7.48. The Balaban J connectivity index is 1.93. The van der Waals surface area contributed by atoms with Gasteiger partial charge in [-0.2, -0.15) is 8.42 Å². The molecule has 0 spiro atoms. The molecule has 0 aliphatic heterocycles. The summed E-state index contributed by atoms with van der Waals surface area (Å²) in [6.07, 6.45) is 7.03. The minimum atomic E-state index is -3.59. The number of rotatable bonds is 7. The van der Waals surface area contributed by atoms with Crippen LogP contribution in [0.3, 0.4) is 0 Å². The monoisotopic (exact) mass is 467 g/mol. The normalized spacial score (nSPS) is 39.8. The van der Waals surface area contributed by atoms with E-state index >= 15 is 0 Å². The molecule has 3 rings (SSSR count). The lowest BCUT2D eigenvalue weighted by Crippen LogP contribution is -2.52. The van der Waals surface area contributed by atoms with E-state index in [9.17, 15) is 13.2 Å². The fraction of sp³-hybridized carbons (Fsp3) is 0.870. The molecule has 9 heteroatoms. The zero-order chi connectivity index (χ0) is 23.7. The minimum absolute atomic E-state index is 0.0657. The summed E-state index contributed by atoms with van der Waals surface area (Å²) in [6.45, 7) is 10.8. The van der Waals surface area contributed by atoms with Gasteiger partial charge in [-0.3, -0.25) is 8.98 Å². The van der Waals surface area contributed by atoms with Gasteiger partial charge in [0.1, 0.15) is 6.10 Å². The molecular formula is C23H37N3O5S. The van der Waals surface area contributed by atoms with E-state index in [-0.39, 0.29) is 47.3 Å². The first-order valence-corrected chi connectivity index (χ1v) is 13.4. The van der Waals surface area contributed by atoms with Crippen LogP contribution in [-0.4, -0.2) is 39.9 Å². The van der Waals surface area contributed by atoms with E-state index in [1.165, 1.54) is 12.5 Å². The maximum atomic E-state index is 11.8. The van der Waals surface area contributed by atoms with E-state index in [0.29, 0.717) is 18.9 Å². The smallest absolute Gasteiger partial charge is 0.302 e. The van der Waals surface area contributed by atoms with Gasteiger partial charge >= 0.3 is 5.97 Å². The lowest BCUT2D eigenvalue weighted by molar-refractivity contribution is -0.154. The van der Waals surface area contributed by atoms with Crippen LogP contribution < -0.4 is 0 Å². The molecular weight excluding hydrogens is 430 g/mol. The summed E-state index contributed by atoms with van der Waals surface area (Å²) in [5, 5.41) is 4.01. The Bertz CT molecular complexity index is 899. The molecule has 0 aromatic rings. The van der Waals surface area contributed by atoms with Crippen molar-refractivity contribution < 1.29 is 22.1 Å². The quantitative estimate of drug-likeness (QED) is 0.130. The van der Waals surface area contributed by atoms with E-state index < -0.39 is 10.1 Å². The molecule has 0 radical (unpaired) electrons. The molecule has 180 valence electrons. The van der Waals surface area contributed by atoms with Gasteiger partial charge in [-0.1, -0.05) is 31.1 Å². The molecule has 0 amide bonds. The van der Waals surface area contributed by atoms with Crippen molar-refractivity contribution in [2.75, 3.05) is 19.4 Å². The van der Waals surface area contributed by atoms with Gasteiger partial charge in [0, 0.05) is 18.4 Å². The average Bonchev–Trinajstić information content (AvgIpc) is 3.00. The number of fused-ring (bicyclic) bond motifs is 1. The summed E-state index contributed by atoms with van der Waals surface area (Å²) in [4.78, 5) is 14.6. The molecule has 32 heavy (non-hydrogen) atoms. The van der Waals surface area contributed by atoms with Crippen molar-refractivity contribution in [3.05, 3.63) is 22.6 Å². The van der Waals surface area contributed by atoms with Gasteiger partial charge in [0.2, 0.25) is 0 Å². The lowest BCUT2D eigenvalue weighted by Gasteiger charge is -2.56. The molecule has 0 aromatic carbocycles. The van der Waals surface area contributed by atoms with Crippen molar-refractivity contribution in [1.82, 2.24) is 0 Å². The highest BCUT2D eigenvalue weighted by Crippen LogP contribution is 2.63. The van der Waals surface area contributed by atoms with Gasteiger partial charge in [0.15, 0.2) is 0 Å². The topological polar surface area (TPSA) is 118 Å². The maximum absolute atomic E-state index is 11.8. The highest BCUT2D eigenvalue weighted by Gasteiger charge is 2.56. The molecule has 0 bridgehead atoms. The zero-order valence-electron chi connectivity index (χ0n) is 19.7. The minimum Gasteiger partial charge on any atom is -0.463 e. The first-order chi connectivity index (χ1) is 14.9. The second-order valence-electron chi connectivity index (χ2n) is 10.6. The van der Waals surface area contributed by atoms with Crippen LogP contribution in [0.15, 0.2) is 17.3 Å². The first-order valence-electron chi connectivity index (χ1n) is 11.6. The van der Waals surface area contributed by atoms with Crippen molar-refractivity contribution in [2.45, 2.75) is 71.8 Å². The second kappa shape index (κ2) is 9.35. The molecule has 3 unspecified atom stereocenters. The molecule has 0 N–H and O–H groups in total. The number of carbonyl (C=O) groups is 1. The van der Waals surface area contributed by atoms with E-state index in [1.807, 2.05) is 0 Å². The largest absolute Gasteiger partial charge is 0.463 e. The van der Waals surface area contributed by atoms with Crippen LogP contribution in [0.1, 0.15) is 65.7 Å². The summed E-state index contributed by atoms with van der Waals surface area (Å²) >= 11 is 0. The number of azide groups is 1. The predicted octanol–water partition coefficient (Wildman–Crippen LogP) is 5.01. The molecule has 3 saturated carbocycles. The number of allylic oxidation sites excluding steroid dienone is 1. The van der Waals surface area contributed by atoms with Gasteiger partial charge < -0.3 is 4.74 Å². The Hall–Kier alpha value is -1.57. The van der Waals surface area contributed by atoms with E-state index in [0.717, 1.165) is 44.8 Å². The number of nitrogens with zero attached hydrogens (tertiary/aromatic N) is 3. The summed E-state index contributed by atoms with van der Waals surface area (Å²) in [6, 6.07) is 0. The molecule has 7 atom stereocenters. The lowest BCUT2D eigenvalue weighted by atomic mass is 9.49. The Morgan fingerprint density at radius 1 is 1.25 bits per heavy atom. The zero-order valence-corrected chi connectivity index (χ0v) is 20.6. The van der Waals surface area contributed by atoms with Crippen molar-refractivity contribution in [3.8, 4) is 0 Å². The van der Waals surface area contributed by atoms with Gasteiger partial charge in [-0.25, -0.2) is 0 Å². The summed E-state index contributed by atoms with van der Waals surface area (Å²) in [5.41, 5.74) is 10.2. The number of carbonyl (C=O) groups excluding carboxylic acids is 1. The summed E-state index contributed by atoms with van der Waals surface area (Å²) in [5.74, 6) is 0.477. The first kappa shape index (κ1) is 25.1. The van der Waals surface area contributed by atoms with E-state index in [4.69, 9.17) is 14.5 Å². The van der Waals surface area contributed by atoms with Crippen molar-refractivity contribution in [2.24, 2.45) is 39.6 Å². The van der Waals surface area contributed by atoms with E-state index in [2.05, 4.69) is 30.5 Å². The van der Waals surface area contributed by atoms with Gasteiger partial charge in [0.05, 0.1) is 12.9 Å². The fourth-order valence-electron chi connectivity index (χ4n) is 7.07. The Kier molecular flexibility index (Phi) is 7.32. The number of esters is 1. The van der Waals surface area contributed by atoms with E-state index in [1.54, 1.807) is 0 Å². The van der Waals surface area contributed by atoms with Crippen molar-refractivity contribution in [3.63, 3.8) is 0 Å². The number of hydrogen-bond donors (Lipinski definition) is 0. The standard InChI is InChI=1S/C23H37N3O5S/c1-15-6-7-20-19(13-25-26-24)21(9-11-22(15,20)3)23(4)10-8-18(31-16(2)27)12-17(23)14-30-32(5,28)29/h17-21H,1,6-14H2,2-5H3/t17?,18?,19-,20-,21-,22+,23?/m0/s1. The maximum Gasteiger partial charge on any atom is 0.302 e. The van der Waals surface area contributed by atoms with Crippen LogP contribution in [0, 0.1) is 34.5 Å². The SMILES string of the molecule is C=C1CC[C@H]2[C@H](CN=[N+]=[N-])[C@@H](C3(C)CCC(OC(C)=O)CC3COS(C)(=O)=O)CC[C@]12C. The molecule has 3 fully saturated rings. The van der Waals surface area contributed by atoms with Gasteiger partial charge in [-0.15, -0.1) is 0 Å². The highest BCUT2D eigenvalue weighted by atomic mass is 32.2. The van der Waals surface area contributed by atoms with Crippen LogP contribution in [0.2, 0.25) is 0 Å². The Labute approximate surface area is 191 Å². The van der Waals surface area contributed by atoms with Crippen molar-refractivity contribution in [1.29, 1.82) is 0 Å². The van der Waals surface area contributed by atoms with Gasteiger partial charge in [-0.05, 0) is 85.0 Å². The predicted molar refractivity (Wildman–Crippen MR) is 122 cm³/mol. The van der Waals surface area contributed by atoms with Gasteiger partial charge in [0.25, 0.3) is 10.1 Å². The van der Waals surface area contributed by atoms with Crippen LogP contribution in [0.25, 0.3) is 10.4 Å². The Morgan fingerprint density at radius 2 is 1.97 bits per heavy atom. The molecule has 0 aromatic heterocycles. The second-order valence-corrected chi connectivity index (χ2v) is 12.2. The third-order valence-electron chi connectivity index (χ3n) is 8.90. The third kappa shape index (κ3) is 5.00. The summed E-state index contributed by atoms with van der Waals surface area (Å²) in [7, 11) is -3.59. The Morgan fingerprint density at radius 3 is 2.59 bits per heavy atom. The number of hydrogen-bond acceptors (Lipinski definition) is 6. The number of ether oxygens (including phenoxy) is 1.